The number of benzene rings is 3. The van der Waals surface area contributed by atoms with Gasteiger partial charge in [-0.05, 0) is 66.0 Å². The number of hydrogen-bond acceptors (Lipinski definition) is 3. The molecule has 0 unspecified atom stereocenters. The Morgan fingerprint density at radius 3 is 1.97 bits per heavy atom. The van der Waals surface area contributed by atoms with Crippen molar-refractivity contribution >= 4 is 29.4 Å². The molecule has 0 spiro atoms. The van der Waals surface area contributed by atoms with Crippen LogP contribution in [0.2, 0.25) is 0 Å². The summed E-state index contributed by atoms with van der Waals surface area (Å²) < 4.78 is 40.8. The maximum Gasteiger partial charge on any atom is 0.416 e. The average Bonchev–Trinajstić information content (AvgIpc) is 2.70. The molecular formula is C21H18F3N3OS. The van der Waals surface area contributed by atoms with Crippen LogP contribution in [-0.2, 0) is 12.7 Å². The van der Waals surface area contributed by atoms with Gasteiger partial charge in [0.1, 0.15) is 0 Å². The number of para-hydroxylation sites is 1. The third kappa shape index (κ3) is 6.55. The van der Waals surface area contributed by atoms with Gasteiger partial charge in [-0.1, -0.05) is 30.3 Å². The van der Waals surface area contributed by atoms with Crippen LogP contribution in [0, 0.1) is 0 Å². The van der Waals surface area contributed by atoms with Crippen LogP contribution in [0.3, 0.4) is 0 Å². The first-order chi connectivity index (χ1) is 13.9. The number of hydrogen-bond donors (Lipinski definition) is 3. The van der Waals surface area contributed by atoms with Crippen LogP contribution in [0.1, 0.15) is 11.1 Å². The van der Waals surface area contributed by atoms with Crippen LogP contribution in [0.5, 0.6) is 0 Å². The molecule has 3 aromatic rings. The van der Waals surface area contributed by atoms with E-state index in [2.05, 4.69) is 15.4 Å². The summed E-state index contributed by atoms with van der Waals surface area (Å²) in [6.45, 7) is 0.419. The normalized spacial score (nSPS) is 11.1. The van der Waals surface area contributed by atoms with Crippen molar-refractivity contribution in [2.24, 2.45) is 0 Å². The Kier molecular flexibility index (Phi) is 6.79. The van der Waals surface area contributed by atoms with Crippen LogP contribution < -0.4 is 15.4 Å². The molecule has 0 saturated carbocycles. The lowest BCUT2D eigenvalue weighted by Crippen LogP contribution is -2.19. The second-order valence-electron chi connectivity index (χ2n) is 6.09. The molecule has 0 radical (unpaired) electrons. The number of halogens is 3. The van der Waals surface area contributed by atoms with E-state index in [0.717, 1.165) is 22.6 Å². The van der Waals surface area contributed by atoms with E-state index in [1.165, 1.54) is 24.1 Å². The van der Waals surface area contributed by atoms with E-state index in [4.69, 9.17) is 0 Å². The van der Waals surface area contributed by atoms with Gasteiger partial charge in [0, 0.05) is 22.8 Å². The number of nitrogens with one attached hydrogen (secondary N) is 3. The molecule has 0 aliphatic carbocycles. The zero-order chi connectivity index (χ0) is 20.7. The summed E-state index contributed by atoms with van der Waals surface area (Å²) in [7, 11) is 0. The van der Waals surface area contributed by atoms with Crippen molar-refractivity contribution in [1.82, 2.24) is 4.72 Å². The summed E-state index contributed by atoms with van der Waals surface area (Å²) in [6, 6.07) is 21.0. The van der Waals surface area contributed by atoms with Crippen molar-refractivity contribution in [3.05, 3.63) is 90.0 Å². The molecule has 0 aliphatic heterocycles. The molecule has 8 heteroatoms. The number of urea groups is 1. The van der Waals surface area contributed by atoms with Gasteiger partial charge in [-0.2, -0.15) is 13.2 Å². The lowest BCUT2D eigenvalue weighted by atomic mass is 10.1. The van der Waals surface area contributed by atoms with Gasteiger partial charge in [0.15, 0.2) is 0 Å². The van der Waals surface area contributed by atoms with Gasteiger partial charge in [0.05, 0.1) is 5.56 Å². The number of alkyl halides is 3. The van der Waals surface area contributed by atoms with E-state index in [1.807, 2.05) is 30.3 Å². The zero-order valence-electron chi connectivity index (χ0n) is 15.2. The molecule has 3 rings (SSSR count). The predicted octanol–water partition coefficient (Wildman–Crippen LogP) is 6.15. The second kappa shape index (κ2) is 9.49. The molecular weight excluding hydrogens is 399 g/mol. The maximum atomic E-state index is 12.6. The number of rotatable bonds is 6. The summed E-state index contributed by atoms with van der Waals surface area (Å²) in [5, 5.41) is 5.48. The Morgan fingerprint density at radius 1 is 0.793 bits per heavy atom. The van der Waals surface area contributed by atoms with Crippen molar-refractivity contribution in [1.29, 1.82) is 0 Å². The molecule has 0 aliphatic rings. The highest BCUT2D eigenvalue weighted by atomic mass is 32.2. The predicted molar refractivity (Wildman–Crippen MR) is 110 cm³/mol. The average molecular weight is 417 g/mol. The molecule has 4 nitrogen and oxygen atoms in total. The number of carbonyl (C=O) groups is 1. The minimum atomic E-state index is -4.32. The topological polar surface area (TPSA) is 53.2 Å². The molecule has 3 N–H and O–H groups in total. The summed E-state index contributed by atoms with van der Waals surface area (Å²) in [4.78, 5) is 12.9. The summed E-state index contributed by atoms with van der Waals surface area (Å²) in [5.74, 6) is 0. The fourth-order valence-corrected chi connectivity index (χ4v) is 3.11. The quantitative estimate of drug-likeness (QED) is 0.422. The Labute approximate surface area is 170 Å². The van der Waals surface area contributed by atoms with Gasteiger partial charge in [-0.25, -0.2) is 4.79 Å². The number of anilines is 2. The van der Waals surface area contributed by atoms with Gasteiger partial charge in [0.2, 0.25) is 0 Å². The fraction of sp³-hybridized carbons (Fsp3) is 0.0952. The molecule has 0 heterocycles. The van der Waals surface area contributed by atoms with Crippen molar-refractivity contribution in [3.63, 3.8) is 0 Å². The third-order valence-corrected chi connectivity index (χ3v) is 4.69. The van der Waals surface area contributed by atoms with E-state index in [-0.39, 0.29) is 6.03 Å². The molecule has 29 heavy (non-hydrogen) atoms. The van der Waals surface area contributed by atoms with Crippen molar-refractivity contribution in [2.45, 2.75) is 17.6 Å². The van der Waals surface area contributed by atoms with Gasteiger partial charge in [-0.15, -0.1) is 0 Å². The van der Waals surface area contributed by atoms with Crippen LogP contribution in [0.25, 0.3) is 0 Å². The molecule has 0 saturated heterocycles. The summed E-state index contributed by atoms with van der Waals surface area (Å²) in [6.07, 6.45) is -4.32. The molecule has 3 aromatic carbocycles. The smallest absolute Gasteiger partial charge is 0.308 e. The summed E-state index contributed by atoms with van der Waals surface area (Å²) >= 11 is 1.35. The van der Waals surface area contributed by atoms with Gasteiger partial charge < -0.3 is 10.6 Å². The van der Waals surface area contributed by atoms with Crippen LogP contribution in [-0.4, -0.2) is 6.03 Å². The molecule has 2 amide bonds. The maximum absolute atomic E-state index is 12.6. The van der Waals surface area contributed by atoms with E-state index >= 15 is 0 Å². The molecule has 0 bridgehead atoms. The fourth-order valence-electron chi connectivity index (χ4n) is 2.44. The minimum Gasteiger partial charge on any atom is -0.308 e. The van der Waals surface area contributed by atoms with Crippen LogP contribution in [0.4, 0.5) is 29.3 Å². The van der Waals surface area contributed by atoms with Crippen molar-refractivity contribution in [3.8, 4) is 0 Å². The Hall–Kier alpha value is -2.97. The van der Waals surface area contributed by atoms with Crippen LogP contribution in [0.15, 0.2) is 83.8 Å². The largest absolute Gasteiger partial charge is 0.416 e. The van der Waals surface area contributed by atoms with E-state index in [9.17, 15) is 18.0 Å². The highest BCUT2D eigenvalue weighted by Gasteiger charge is 2.29. The molecule has 0 atom stereocenters. The van der Waals surface area contributed by atoms with E-state index < -0.39 is 11.7 Å². The Balaban J connectivity index is 1.45. The first-order valence-electron chi connectivity index (χ1n) is 8.69. The zero-order valence-corrected chi connectivity index (χ0v) is 16.0. The highest BCUT2D eigenvalue weighted by molar-refractivity contribution is 7.97. The number of carbonyl (C=O) groups excluding carboxylic acids is 1. The second-order valence-corrected chi connectivity index (χ2v) is 7.05. The minimum absolute atomic E-state index is 0.336. The lowest BCUT2D eigenvalue weighted by molar-refractivity contribution is -0.137. The molecule has 150 valence electrons. The molecule has 0 aromatic heterocycles. The standard InChI is InChI=1S/C21H18F3N3OS/c22-21(23,24)16-8-6-15(7-9-16)14-25-29-19-12-10-18(11-13-19)27-20(28)26-17-4-2-1-3-5-17/h1-13,25H,14H2,(H2,26,27,28). The van der Waals surface area contributed by atoms with Gasteiger partial charge in [0.25, 0.3) is 0 Å². The Morgan fingerprint density at radius 2 is 1.38 bits per heavy atom. The lowest BCUT2D eigenvalue weighted by Gasteiger charge is -2.09. The van der Waals surface area contributed by atoms with Crippen molar-refractivity contribution < 1.29 is 18.0 Å². The van der Waals surface area contributed by atoms with Crippen LogP contribution >= 0.6 is 11.9 Å². The first-order valence-corrected chi connectivity index (χ1v) is 9.51. The third-order valence-electron chi connectivity index (χ3n) is 3.89. The molecule has 0 fully saturated rings. The SMILES string of the molecule is O=C(Nc1ccccc1)Nc1ccc(SNCc2ccc(C(F)(F)F)cc2)cc1. The van der Waals surface area contributed by atoms with Crippen molar-refractivity contribution in [2.75, 3.05) is 10.6 Å². The van der Waals surface area contributed by atoms with E-state index in [1.54, 1.807) is 24.3 Å². The Bertz CT molecular complexity index is 930. The van der Waals surface area contributed by atoms with Gasteiger partial charge in [-0.3, -0.25) is 4.72 Å². The summed E-state index contributed by atoms with van der Waals surface area (Å²) in [5.41, 5.74) is 1.44. The first kappa shape index (κ1) is 20.8. The van der Waals surface area contributed by atoms with Gasteiger partial charge >= 0.3 is 12.2 Å². The highest BCUT2D eigenvalue weighted by Crippen LogP contribution is 2.29. The van der Waals surface area contributed by atoms with E-state index in [0.29, 0.717) is 17.9 Å². The monoisotopic (exact) mass is 417 g/mol. The number of amides is 2.